The molecule has 3 N–H and O–H groups in total. The highest BCUT2D eigenvalue weighted by atomic mass is 16.6. The van der Waals surface area contributed by atoms with Crippen molar-refractivity contribution in [3.8, 4) is 0 Å². The summed E-state index contributed by atoms with van der Waals surface area (Å²) in [7, 11) is 0. The van der Waals surface area contributed by atoms with Crippen molar-refractivity contribution in [3.05, 3.63) is 48.3 Å². The number of carbonyl (C=O) groups excluding carboxylic acids is 3. The molecule has 1 unspecified atom stereocenters. The van der Waals surface area contributed by atoms with Gasteiger partial charge in [0.05, 0.1) is 53.5 Å². The topological polar surface area (TPSA) is 175 Å². The lowest BCUT2D eigenvalue weighted by atomic mass is 9.46. The molecule has 2 aromatic heterocycles. The zero-order valence-electron chi connectivity index (χ0n) is 24.3. The number of aliphatic hydroxyl groups is 3. The first kappa shape index (κ1) is 30.3. The summed E-state index contributed by atoms with van der Waals surface area (Å²) in [6.07, 6.45) is -0.466. The van der Waals surface area contributed by atoms with Crippen LogP contribution in [0.5, 0.6) is 0 Å². The van der Waals surface area contributed by atoms with Gasteiger partial charge in [0, 0.05) is 12.3 Å². The van der Waals surface area contributed by atoms with Crippen LogP contribution in [-0.4, -0.2) is 81.1 Å². The second-order valence-corrected chi connectivity index (χ2v) is 12.4. The van der Waals surface area contributed by atoms with E-state index in [2.05, 4.69) is 0 Å². The van der Waals surface area contributed by atoms with E-state index in [1.807, 2.05) is 0 Å². The quantitative estimate of drug-likeness (QED) is 0.303. The standard InChI is InChI=1S/C30H38O12/c1-6-16(2)24(33)41-23-20(39-25(34)17-7-9-37-13-17)12-28(5,36)30-22(32)19(27(3,4)42-30)11-21(29(23,30)15-31)40-26(35)18-8-10-38-14-18/h7-10,13-14,16,19-23,31-32,36H,6,11-12,15H2,1-5H3/t16?,19-,20+,21+,22+,23+,28+,29-,30+/m1/s1. The van der Waals surface area contributed by atoms with Crippen molar-refractivity contribution in [2.24, 2.45) is 17.3 Å². The molecule has 1 aliphatic heterocycles. The monoisotopic (exact) mass is 590 g/mol. The Balaban J connectivity index is 1.70. The third-order valence-electron chi connectivity index (χ3n) is 9.63. The fourth-order valence-corrected chi connectivity index (χ4v) is 7.30. The average Bonchev–Trinajstić information content (AvgIpc) is 3.69. The molecule has 1 spiro atoms. The SMILES string of the molecule is CCC(C)C(=O)O[C@H]1[C@@H](OC(=O)c2ccoc2)C[C@](C)(O)[C@]23OC(C)(C)[C@H](C[C@H](OC(=O)c4ccoc4)[C@]12CO)[C@@H]3O. The summed E-state index contributed by atoms with van der Waals surface area (Å²) in [6, 6.07) is 2.79. The minimum Gasteiger partial charge on any atom is -0.472 e. The first-order chi connectivity index (χ1) is 19.8. The number of hydrogen-bond acceptors (Lipinski definition) is 12. The number of fused-ring (bicyclic) bond motifs is 1. The van der Waals surface area contributed by atoms with Crippen molar-refractivity contribution in [2.45, 2.75) is 95.1 Å². The molecule has 42 heavy (non-hydrogen) atoms. The summed E-state index contributed by atoms with van der Waals surface area (Å²) in [5.41, 5.74) is -6.88. The van der Waals surface area contributed by atoms with Crippen LogP contribution in [0, 0.1) is 17.3 Å². The maximum atomic E-state index is 13.4. The zero-order valence-corrected chi connectivity index (χ0v) is 24.3. The van der Waals surface area contributed by atoms with E-state index in [9.17, 15) is 29.7 Å². The summed E-state index contributed by atoms with van der Waals surface area (Å²) < 4.78 is 34.6. The van der Waals surface area contributed by atoms with E-state index in [4.69, 9.17) is 27.8 Å². The third-order valence-corrected chi connectivity index (χ3v) is 9.63. The second-order valence-electron chi connectivity index (χ2n) is 12.4. The number of esters is 3. The van der Waals surface area contributed by atoms with Crippen molar-refractivity contribution in [1.29, 1.82) is 0 Å². The minimum atomic E-state index is -2.01. The molecule has 0 aromatic carbocycles. The van der Waals surface area contributed by atoms with Gasteiger partial charge in [-0.2, -0.15) is 0 Å². The Kier molecular flexibility index (Phi) is 7.58. The predicted octanol–water partition coefficient (Wildman–Crippen LogP) is 2.64. The number of rotatable bonds is 8. The Morgan fingerprint density at radius 3 is 2.14 bits per heavy atom. The van der Waals surface area contributed by atoms with Gasteiger partial charge in [-0.05, 0) is 45.7 Å². The van der Waals surface area contributed by atoms with Gasteiger partial charge >= 0.3 is 17.9 Å². The Morgan fingerprint density at radius 1 is 1.02 bits per heavy atom. The summed E-state index contributed by atoms with van der Waals surface area (Å²) >= 11 is 0. The highest BCUT2D eigenvalue weighted by Gasteiger charge is 2.84. The molecule has 3 fully saturated rings. The fourth-order valence-electron chi connectivity index (χ4n) is 7.30. The van der Waals surface area contributed by atoms with E-state index < -0.39 is 83.0 Å². The zero-order chi connectivity index (χ0) is 30.7. The van der Waals surface area contributed by atoms with Crippen LogP contribution in [0.1, 0.15) is 74.6 Å². The van der Waals surface area contributed by atoms with E-state index in [0.717, 1.165) is 0 Å². The molecule has 12 nitrogen and oxygen atoms in total. The Labute approximate surface area is 242 Å². The van der Waals surface area contributed by atoms with Gasteiger partial charge in [-0.1, -0.05) is 13.8 Å². The van der Waals surface area contributed by atoms with Crippen molar-refractivity contribution in [3.63, 3.8) is 0 Å². The molecule has 12 heteroatoms. The average molecular weight is 591 g/mol. The molecular weight excluding hydrogens is 552 g/mol. The van der Waals surface area contributed by atoms with Gasteiger partial charge in [0.25, 0.3) is 0 Å². The predicted molar refractivity (Wildman–Crippen MR) is 142 cm³/mol. The van der Waals surface area contributed by atoms with Crippen molar-refractivity contribution < 1.29 is 57.5 Å². The van der Waals surface area contributed by atoms with Crippen molar-refractivity contribution in [1.82, 2.24) is 0 Å². The first-order valence-corrected chi connectivity index (χ1v) is 14.1. The van der Waals surface area contributed by atoms with Gasteiger partial charge in [0.15, 0.2) is 6.10 Å². The Hall–Kier alpha value is -3.19. The highest BCUT2D eigenvalue weighted by molar-refractivity contribution is 5.89. The van der Waals surface area contributed by atoms with E-state index in [1.54, 1.807) is 27.7 Å². The van der Waals surface area contributed by atoms with Crippen molar-refractivity contribution in [2.75, 3.05) is 6.61 Å². The van der Waals surface area contributed by atoms with Gasteiger partial charge in [0.2, 0.25) is 0 Å². The summed E-state index contributed by atoms with van der Waals surface area (Å²) in [5, 5.41) is 35.5. The second kappa shape index (κ2) is 10.5. The molecule has 2 saturated carbocycles. The van der Waals surface area contributed by atoms with Crippen LogP contribution in [0.2, 0.25) is 0 Å². The lowest BCUT2D eigenvalue weighted by Gasteiger charge is -2.65. The molecule has 2 aromatic rings. The molecular formula is C30H38O12. The molecule has 2 bridgehead atoms. The van der Waals surface area contributed by atoms with E-state index >= 15 is 0 Å². The molecule has 2 aliphatic carbocycles. The smallest absolute Gasteiger partial charge is 0.341 e. The van der Waals surface area contributed by atoms with Crippen LogP contribution >= 0.6 is 0 Å². The lowest BCUT2D eigenvalue weighted by Crippen LogP contribution is -2.83. The van der Waals surface area contributed by atoms with Gasteiger partial charge in [-0.15, -0.1) is 0 Å². The summed E-state index contributed by atoms with van der Waals surface area (Å²) in [4.78, 5) is 39.8. The molecule has 0 amide bonds. The van der Waals surface area contributed by atoms with E-state index in [1.165, 1.54) is 44.1 Å². The lowest BCUT2D eigenvalue weighted by molar-refractivity contribution is -0.354. The van der Waals surface area contributed by atoms with Gasteiger partial charge in [-0.25, -0.2) is 9.59 Å². The van der Waals surface area contributed by atoms with Gasteiger partial charge < -0.3 is 43.1 Å². The van der Waals surface area contributed by atoms with Crippen LogP contribution in [0.3, 0.4) is 0 Å². The molecule has 0 radical (unpaired) electrons. The molecule has 1 saturated heterocycles. The summed E-state index contributed by atoms with van der Waals surface area (Å²) in [6.45, 7) is 7.46. The molecule has 9 atom stereocenters. The highest BCUT2D eigenvalue weighted by Crippen LogP contribution is 2.68. The van der Waals surface area contributed by atoms with Crippen LogP contribution in [-0.2, 0) is 23.7 Å². The van der Waals surface area contributed by atoms with Gasteiger partial charge in [0.1, 0.15) is 35.8 Å². The minimum absolute atomic E-state index is 0.0179. The van der Waals surface area contributed by atoms with Crippen LogP contribution in [0.15, 0.2) is 46.0 Å². The van der Waals surface area contributed by atoms with E-state index in [0.29, 0.717) is 6.42 Å². The molecule has 5 rings (SSSR count). The first-order valence-electron chi connectivity index (χ1n) is 14.1. The fraction of sp³-hybridized carbons (Fsp3) is 0.633. The number of hydrogen-bond donors (Lipinski definition) is 3. The number of ether oxygens (including phenoxy) is 4. The Bertz CT molecular complexity index is 1300. The normalized spacial score (nSPS) is 37.4. The number of furan rings is 2. The van der Waals surface area contributed by atoms with E-state index in [-0.39, 0.29) is 24.0 Å². The van der Waals surface area contributed by atoms with Crippen LogP contribution < -0.4 is 0 Å². The maximum Gasteiger partial charge on any atom is 0.341 e. The van der Waals surface area contributed by atoms with Crippen molar-refractivity contribution >= 4 is 17.9 Å². The van der Waals surface area contributed by atoms with Crippen LogP contribution in [0.4, 0.5) is 0 Å². The van der Waals surface area contributed by atoms with Crippen LogP contribution in [0.25, 0.3) is 0 Å². The largest absolute Gasteiger partial charge is 0.472 e. The third kappa shape index (κ3) is 4.30. The Morgan fingerprint density at radius 2 is 1.62 bits per heavy atom. The van der Waals surface area contributed by atoms with Gasteiger partial charge in [-0.3, -0.25) is 4.79 Å². The molecule has 230 valence electrons. The maximum absolute atomic E-state index is 13.4. The molecule has 3 heterocycles. The number of carbonyl (C=O) groups is 3. The number of aliphatic hydroxyl groups excluding tert-OH is 2. The molecule has 3 aliphatic rings. The summed E-state index contributed by atoms with van der Waals surface area (Å²) in [5.74, 6) is -3.52.